The van der Waals surface area contributed by atoms with E-state index in [2.05, 4.69) is 63.0 Å². The van der Waals surface area contributed by atoms with Crippen molar-refractivity contribution >= 4 is 38.5 Å². The van der Waals surface area contributed by atoms with Crippen molar-refractivity contribution in [3.05, 3.63) is 61.6 Å². The van der Waals surface area contributed by atoms with Crippen molar-refractivity contribution in [3.63, 3.8) is 0 Å². The second kappa shape index (κ2) is 8.12. The highest BCUT2D eigenvalue weighted by Crippen LogP contribution is 2.30. The maximum atomic E-state index is 5.77. The molecule has 112 valence electrons. The Labute approximate surface area is 147 Å². The molecule has 21 heavy (non-hydrogen) atoms. The lowest BCUT2D eigenvalue weighted by atomic mass is 9.99. The summed E-state index contributed by atoms with van der Waals surface area (Å²) in [6, 6.07) is 14.2. The Hall–Kier alpha value is -0.630. The van der Waals surface area contributed by atoms with Crippen LogP contribution in [0.1, 0.15) is 30.5 Å². The average molecular weight is 461 g/mol. The van der Waals surface area contributed by atoms with E-state index >= 15 is 0 Å². The van der Waals surface area contributed by atoms with Gasteiger partial charge in [-0.15, -0.1) is 0 Å². The molecule has 0 aliphatic heterocycles. The number of benzene rings is 2. The van der Waals surface area contributed by atoms with Crippen LogP contribution in [0.4, 0.5) is 0 Å². The molecule has 0 saturated heterocycles. The fourth-order valence-electron chi connectivity index (χ4n) is 2.08. The van der Waals surface area contributed by atoms with Gasteiger partial charge in [0.2, 0.25) is 0 Å². The van der Waals surface area contributed by atoms with E-state index in [-0.39, 0.29) is 6.04 Å². The van der Waals surface area contributed by atoms with E-state index in [9.17, 15) is 0 Å². The van der Waals surface area contributed by atoms with Gasteiger partial charge in [-0.2, -0.15) is 0 Å². The molecule has 2 aromatic carbocycles. The third-order valence-electron chi connectivity index (χ3n) is 3.12. The summed E-state index contributed by atoms with van der Waals surface area (Å²) in [7, 11) is 0. The van der Waals surface area contributed by atoms with Gasteiger partial charge >= 0.3 is 0 Å². The van der Waals surface area contributed by atoms with E-state index in [0.29, 0.717) is 0 Å². The number of ether oxygens (including phenoxy) is 1. The molecule has 5 heteroatoms. The Balaban J connectivity index is 2.26. The summed E-state index contributed by atoms with van der Waals surface area (Å²) in [6.07, 6.45) is 1.00. The molecule has 1 atom stereocenters. The molecule has 1 unspecified atom stereocenters. The van der Waals surface area contributed by atoms with E-state index in [1.54, 1.807) is 0 Å². The van der Waals surface area contributed by atoms with Gasteiger partial charge in [0.1, 0.15) is 5.75 Å². The van der Waals surface area contributed by atoms with Crippen LogP contribution in [0, 0.1) is 3.57 Å². The zero-order valence-corrected chi connectivity index (χ0v) is 15.5. The highest BCUT2D eigenvalue weighted by molar-refractivity contribution is 14.1. The van der Waals surface area contributed by atoms with Gasteiger partial charge in [0.05, 0.1) is 12.6 Å². The molecular formula is C16H18BrIN2O. The number of nitrogens with one attached hydrogen (secondary N) is 1. The molecule has 3 nitrogen and oxygen atoms in total. The van der Waals surface area contributed by atoms with Crippen molar-refractivity contribution in [2.24, 2.45) is 5.84 Å². The second-order valence-corrected chi connectivity index (χ2v) is 6.78. The molecule has 2 rings (SSSR count). The summed E-state index contributed by atoms with van der Waals surface area (Å²) >= 11 is 5.90. The highest BCUT2D eigenvalue weighted by atomic mass is 127. The Morgan fingerprint density at radius 3 is 2.57 bits per heavy atom. The number of hydrazine groups is 1. The van der Waals surface area contributed by atoms with Gasteiger partial charge < -0.3 is 4.74 Å². The minimum atomic E-state index is -0.0608. The van der Waals surface area contributed by atoms with E-state index in [1.165, 1.54) is 3.57 Å². The van der Waals surface area contributed by atoms with Crippen molar-refractivity contribution in [2.45, 2.75) is 19.4 Å². The van der Waals surface area contributed by atoms with Crippen LogP contribution in [0.3, 0.4) is 0 Å². The highest BCUT2D eigenvalue weighted by Gasteiger charge is 2.15. The van der Waals surface area contributed by atoms with Gasteiger partial charge in [-0.3, -0.25) is 5.84 Å². The Morgan fingerprint density at radius 1 is 1.24 bits per heavy atom. The van der Waals surface area contributed by atoms with Crippen molar-refractivity contribution in [1.29, 1.82) is 0 Å². The molecule has 0 amide bonds. The molecule has 0 heterocycles. The average Bonchev–Trinajstić information content (AvgIpc) is 2.50. The second-order valence-electron chi connectivity index (χ2n) is 4.68. The minimum Gasteiger partial charge on any atom is -0.494 e. The van der Waals surface area contributed by atoms with Crippen molar-refractivity contribution in [2.75, 3.05) is 6.61 Å². The lowest BCUT2D eigenvalue weighted by molar-refractivity contribution is 0.317. The molecule has 0 radical (unpaired) electrons. The molecule has 0 fully saturated rings. The predicted octanol–water partition coefficient (Wildman–Crippen LogP) is 4.40. The number of rotatable bonds is 6. The van der Waals surface area contributed by atoms with Crippen molar-refractivity contribution in [1.82, 2.24) is 5.43 Å². The normalized spacial score (nSPS) is 12.2. The fourth-order valence-corrected chi connectivity index (χ4v) is 3.07. The quantitative estimate of drug-likeness (QED) is 0.381. The van der Waals surface area contributed by atoms with Crippen LogP contribution >= 0.6 is 38.5 Å². The van der Waals surface area contributed by atoms with Gasteiger partial charge in [0, 0.05) is 8.04 Å². The zero-order chi connectivity index (χ0) is 15.2. The summed E-state index contributed by atoms with van der Waals surface area (Å²) in [4.78, 5) is 0. The monoisotopic (exact) mass is 460 g/mol. The van der Waals surface area contributed by atoms with E-state index in [4.69, 9.17) is 10.6 Å². The number of nitrogens with two attached hydrogens (primary N) is 1. The van der Waals surface area contributed by atoms with Crippen LogP contribution in [0.25, 0.3) is 0 Å². The third kappa shape index (κ3) is 4.42. The number of hydrogen-bond acceptors (Lipinski definition) is 3. The number of halogens is 2. The number of hydrogen-bond donors (Lipinski definition) is 2. The molecule has 2 aromatic rings. The maximum Gasteiger partial charge on any atom is 0.119 e. The van der Waals surface area contributed by atoms with E-state index in [1.807, 2.05) is 30.3 Å². The van der Waals surface area contributed by atoms with Crippen LogP contribution in [0.15, 0.2) is 46.9 Å². The summed E-state index contributed by atoms with van der Waals surface area (Å²) < 4.78 is 7.82. The zero-order valence-electron chi connectivity index (χ0n) is 11.8. The summed E-state index contributed by atoms with van der Waals surface area (Å²) in [5.74, 6) is 6.66. The first-order valence-corrected chi connectivity index (χ1v) is 8.66. The minimum absolute atomic E-state index is 0.0608. The van der Waals surface area contributed by atoms with Crippen molar-refractivity contribution in [3.8, 4) is 5.75 Å². The summed E-state index contributed by atoms with van der Waals surface area (Å²) in [5.41, 5.74) is 5.11. The first kappa shape index (κ1) is 16.7. The first-order valence-electron chi connectivity index (χ1n) is 6.79. The molecule has 3 N–H and O–H groups in total. The molecule has 0 aromatic heterocycles. The third-order valence-corrected chi connectivity index (χ3v) is 4.52. The Morgan fingerprint density at radius 2 is 1.95 bits per heavy atom. The van der Waals surface area contributed by atoms with Gasteiger partial charge in [-0.1, -0.05) is 35.0 Å². The lowest BCUT2D eigenvalue weighted by Gasteiger charge is -2.19. The molecular weight excluding hydrogens is 443 g/mol. The van der Waals surface area contributed by atoms with Gasteiger partial charge in [-0.05, 0) is 70.5 Å². The Kier molecular flexibility index (Phi) is 6.47. The standard InChI is InChI=1S/C16H18BrIN2O/c1-2-9-21-13-6-3-11(4-7-13)16(20-19)14-10-12(18)5-8-15(14)17/h3-8,10,16,20H,2,9,19H2,1H3. The van der Waals surface area contributed by atoms with Crippen LogP contribution in [-0.2, 0) is 0 Å². The van der Waals surface area contributed by atoms with Gasteiger partial charge in [0.15, 0.2) is 0 Å². The van der Waals surface area contributed by atoms with Gasteiger partial charge in [-0.25, -0.2) is 5.43 Å². The summed E-state index contributed by atoms with van der Waals surface area (Å²) in [6.45, 7) is 2.83. The lowest BCUT2D eigenvalue weighted by Crippen LogP contribution is -2.29. The molecule has 0 spiro atoms. The molecule has 0 bridgehead atoms. The van der Waals surface area contributed by atoms with Crippen LogP contribution in [0.5, 0.6) is 5.75 Å². The Bertz CT molecular complexity index is 589. The topological polar surface area (TPSA) is 47.3 Å². The predicted molar refractivity (Wildman–Crippen MR) is 98.3 cm³/mol. The van der Waals surface area contributed by atoms with E-state index in [0.717, 1.165) is 34.4 Å². The molecule has 0 saturated carbocycles. The smallest absolute Gasteiger partial charge is 0.119 e. The fraction of sp³-hybridized carbons (Fsp3) is 0.250. The van der Waals surface area contributed by atoms with Crippen molar-refractivity contribution < 1.29 is 4.74 Å². The molecule has 0 aliphatic carbocycles. The van der Waals surface area contributed by atoms with Crippen LogP contribution in [0.2, 0.25) is 0 Å². The largest absolute Gasteiger partial charge is 0.494 e. The van der Waals surface area contributed by atoms with E-state index < -0.39 is 0 Å². The van der Waals surface area contributed by atoms with Crippen LogP contribution < -0.4 is 16.0 Å². The van der Waals surface area contributed by atoms with Crippen LogP contribution in [-0.4, -0.2) is 6.61 Å². The summed E-state index contributed by atoms with van der Waals surface area (Å²) in [5, 5.41) is 0. The van der Waals surface area contributed by atoms with Gasteiger partial charge in [0.25, 0.3) is 0 Å². The SMILES string of the molecule is CCCOc1ccc(C(NN)c2cc(I)ccc2Br)cc1. The first-order chi connectivity index (χ1) is 10.2. The molecule has 0 aliphatic rings. The maximum absolute atomic E-state index is 5.77.